The standard InChI is InChI=1S/C26H36N2O3/c1-6-20(4)27-26(30)24(7-2)28(18-22-12-15-23(31-5)16-13-22)25(29)17-14-21-10-8-19(3)9-11-21/h8-13,15-16,20,24H,6-7,14,17-18H2,1-5H3,(H,27,30). The highest BCUT2D eigenvalue weighted by molar-refractivity contribution is 5.87. The SMILES string of the molecule is CCC(C)NC(=O)C(CC)N(Cc1ccc(OC)cc1)C(=O)CCc1ccc(C)cc1. The van der Waals surface area contributed by atoms with E-state index in [0.717, 1.165) is 23.3 Å². The van der Waals surface area contributed by atoms with Gasteiger partial charge < -0.3 is 15.0 Å². The molecule has 0 radical (unpaired) electrons. The van der Waals surface area contributed by atoms with Gasteiger partial charge in [-0.3, -0.25) is 9.59 Å². The summed E-state index contributed by atoms with van der Waals surface area (Å²) in [4.78, 5) is 28.0. The highest BCUT2D eigenvalue weighted by atomic mass is 16.5. The second-order valence-corrected chi connectivity index (χ2v) is 8.10. The van der Waals surface area contributed by atoms with E-state index in [2.05, 4.69) is 29.6 Å². The zero-order chi connectivity index (χ0) is 22.8. The number of ether oxygens (including phenoxy) is 1. The van der Waals surface area contributed by atoms with Gasteiger partial charge in [-0.05, 0) is 56.4 Å². The molecule has 2 aromatic carbocycles. The van der Waals surface area contributed by atoms with Gasteiger partial charge >= 0.3 is 0 Å². The molecule has 1 N–H and O–H groups in total. The van der Waals surface area contributed by atoms with Crippen molar-refractivity contribution < 1.29 is 14.3 Å². The van der Waals surface area contributed by atoms with Gasteiger partial charge in [0.1, 0.15) is 11.8 Å². The fourth-order valence-electron chi connectivity index (χ4n) is 3.44. The molecule has 0 aliphatic rings. The molecule has 2 atom stereocenters. The van der Waals surface area contributed by atoms with E-state index in [9.17, 15) is 9.59 Å². The number of hydrogen-bond donors (Lipinski definition) is 1. The predicted molar refractivity (Wildman–Crippen MR) is 125 cm³/mol. The van der Waals surface area contributed by atoms with Crippen LogP contribution in [0.5, 0.6) is 5.75 Å². The van der Waals surface area contributed by atoms with Gasteiger partial charge in [0.2, 0.25) is 11.8 Å². The fraction of sp³-hybridized carbons (Fsp3) is 0.462. The average molecular weight is 425 g/mol. The third-order valence-corrected chi connectivity index (χ3v) is 5.65. The van der Waals surface area contributed by atoms with Crippen molar-refractivity contribution in [2.75, 3.05) is 7.11 Å². The number of amides is 2. The molecule has 0 heterocycles. The first-order chi connectivity index (χ1) is 14.9. The van der Waals surface area contributed by atoms with E-state index in [1.807, 2.05) is 52.0 Å². The number of nitrogens with zero attached hydrogens (tertiary/aromatic N) is 1. The summed E-state index contributed by atoms with van der Waals surface area (Å²) in [5, 5.41) is 3.05. The molecule has 0 spiro atoms. The molecule has 0 aliphatic heterocycles. The van der Waals surface area contributed by atoms with Crippen LogP contribution in [0.2, 0.25) is 0 Å². The van der Waals surface area contributed by atoms with Crippen LogP contribution >= 0.6 is 0 Å². The van der Waals surface area contributed by atoms with E-state index in [-0.39, 0.29) is 17.9 Å². The lowest BCUT2D eigenvalue weighted by Gasteiger charge is -2.31. The molecule has 2 rings (SSSR count). The summed E-state index contributed by atoms with van der Waals surface area (Å²) in [6, 6.07) is 15.5. The Morgan fingerprint density at radius 3 is 2.13 bits per heavy atom. The van der Waals surface area contributed by atoms with Gasteiger partial charge in [0.05, 0.1) is 7.11 Å². The third-order valence-electron chi connectivity index (χ3n) is 5.65. The number of nitrogens with one attached hydrogen (secondary N) is 1. The van der Waals surface area contributed by atoms with E-state index in [1.165, 1.54) is 5.56 Å². The number of methoxy groups -OCH3 is 1. The van der Waals surface area contributed by atoms with Crippen LogP contribution in [-0.4, -0.2) is 35.9 Å². The van der Waals surface area contributed by atoms with Gasteiger partial charge in [-0.1, -0.05) is 55.8 Å². The lowest BCUT2D eigenvalue weighted by atomic mass is 10.0. The van der Waals surface area contributed by atoms with Crippen LogP contribution in [0.4, 0.5) is 0 Å². The van der Waals surface area contributed by atoms with Gasteiger partial charge in [0.25, 0.3) is 0 Å². The minimum Gasteiger partial charge on any atom is -0.497 e. The Morgan fingerprint density at radius 1 is 0.968 bits per heavy atom. The summed E-state index contributed by atoms with van der Waals surface area (Å²) in [5.41, 5.74) is 3.30. The van der Waals surface area contributed by atoms with Crippen molar-refractivity contribution in [2.24, 2.45) is 0 Å². The molecule has 0 saturated carbocycles. The second kappa shape index (κ2) is 12.1. The molecule has 31 heavy (non-hydrogen) atoms. The smallest absolute Gasteiger partial charge is 0.243 e. The van der Waals surface area contributed by atoms with Gasteiger partial charge in [-0.15, -0.1) is 0 Å². The van der Waals surface area contributed by atoms with Crippen LogP contribution < -0.4 is 10.1 Å². The Hall–Kier alpha value is -2.82. The largest absolute Gasteiger partial charge is 0.497 e. The monoisotopic (exact) mass is 424 g/mol. The minimum atomic E-state index is -0.499. The lowest BCUT2D eigenvalue weighted by Crippen LogP contribution is -2.50. The van der Waals surface area contributed by atoms with E-state index >= 15 is 0 Å². The van der Waals surface area contributed by atoms with Gasteiger partial charge in [-0.25, -0.2) is 0 Å². The Bertz CT molecular complexity index is 831. The first kappa shape index (κ1) is 24.4. The van der Waals surface area contributed by atoms with Crippen LogP contribution in [0.1, 0.15) is 56.7 Å². The van der Waals surface area contributed by atoms with E-state index in [4.69, 9.17) is 4.74 Å². The molecule has 2 amide bonds. The second-order valence-electron chi connectivity index (χ2n) is 8.10. The Balaban J connectivity index is 2.20. The summed E-state index contributed by atoms with van der Waals surface area (Å²) in [6.07, 6.45) is 2.44. The quantitative estimate of drug-likeness (QED) is 0.571. The topological polar surface area (TPSA) is 58.6 Å². The Kier molecular flexibility index (Phi) is 9.57. The molecule has 2 unspecified atom stereocenters. The summed E-state index contributed by atoms with van der Waals surface area (Å²) >= 11 is 0. The molecule has 5 nitrogen and oxygen atoms in total. The number of carbonyl (C=O) groups is 2. The molecular formula is C26H36N2O3. The molecule has 168 valence electrons. The molecule has 5 heteroatoms. The minimum absolute atomic E-state index is 0.0115. The van der Waals surface area contributed by atoms with Gasteiger partial charge in [0, 0.05) is 19.0 Å². The predicted octanol–water partition coefficient (Wildman–Crippen LogP) is 4.66. The molecule has 2 aromatic rings. The maximum absolute atomic E-state index is 13.3. The zero-order valence-electron chi connectivity index (χ0n) is 19.5. The van der Waals surface area contributed by atoms with Crippen LogP contribution in [0, 0.1) is 6.92 Å². The molecule has 0 aromatic heterocycles. The number of benzene rings is 2. The number of carbonyl (C=O) groups excluding carboxylic acids is 2. The third kappa shape index (κ3) is 7.42. The molecule has 0 fully saturated rings. The van der Waals surface area contributed by atoms with Crippen molar-refractivity contribution in [3.63, 3.8) is 0 Å². The first-order valence-electron chi connectivity index (χ1n) is 11.2. The summed E-state index contributed by atoms with van der Waals surface area (Å²) in [7, 11) is 1.63. The number of aryl methyl sites for hydroxylation is 2. The van der Waals surface area contributed by atoms with Crippen molar-refractivity contribution in [2.45, 2.75) is 72.0 Å². The van der Waals surface area contributed by atoms with Gasteiger partial charge in [-0.2, -0.15) is 0 Å². The normalized spacial score (nSPS) is 12.7. The van der Waals surface area contributed by atoms with Crippen molar-refractivity contribution in [1.29, 1.82) is 0 Å². The average Bonchev–Trinajstić information content (AvgIpc) is 2.78. The van der Waals surface area contributed by atoms with E-state index in [1.54, 1.807) is 12.0 Å². The lowest BCUT2D eigenvalue weighted by molar-refractivity contribution is -0.141. The van der Waals surface area contributed by atoms with Crippen molar-refractivity contribution in [3.05, 3.63) is 65.2 Å². The zero-order valence-corrected chi connectivity index (χ0v) is 19.5. The molecular weight excluding hydrogens is 388 g/mol. The maximum Gasteiger partial charge on any atom is 0.243 e. The van der Waals surface area contributed by atoms with Crippen molar-refractivity contribution in [1.82, 2.24) is 10.2 Å². The van der Waals surface area contributed by atoms with Crippen molar-refractivity contribution in [3.8, 4) is 5.75 Å². The first-order valence-corrected chi connectivity index (χ1v) is 11.2. The van der Waals surface area contributed by atoms with Crippen molar-refractivity contribution >= 4 is 11.8 Å². The van der Waals surface area contributed by atoms with Gasteiger partial charge in [0.15, 0.2) is 0 Å². The molecule has 0 bridgehead atoms. The Labute approximate surface area is 186 Å². The summed E-state index contributed by atoms with van der Waals surface area (Å²) in [5.74, 6) is 0.666. The summed E-state index contributed by atoms with van der Waals surface area (Å²) in [6.45, 7) is 8.41. The van der Waals surface area contributed by atoms with Crippen LogP contribution in [0.25, 0.3) is 0 Å². The Morgan fingerprint density at radius 2 is 1.58 bits per heavy atom. The van der Waals surface area contributed by atoms with Crippen LogP contribution in [0.15, 0.2) is 48.5 Å². The van der Waals surface area contributed by atoms with E-state index < -0.39 is 6.04 Å². The number of rotatable bonds is 11. The fourth-order valence-corrected chi connectivity index (χ4v) is 3.44. The maximum atomic E-state index is 13.3. The van der Waals surface area contributed by atoms with Crippen LogP contribution in [0.3, 0.4) is 0 Å². The molecule has 0 saturated heterocycles. The van der Waals surface area contributed by atoms with E-state index in [0.29, 0.717) is 25.8 Å². The number of hydrogen-bond acceptors (Lipinski definition) is 3. The van der Waals surface area contributed by atoms with Crippen LogP contribution in [-0.2, 0) is 22.6 Å². The summed E-state index contributed by atoms with van der Waals surface area (Å²) < 4.78 is 5.24. The highest BCUT2D eigenvalue weighted by Gasteiger charge is 2.29. The highest BCUT2D eigenvalue weighted by Crippen LogP contribution is 2.18. The molecule has 0 aliphatic carbocycles.